The van der Waals surface area contributed by atoms with E-state index in [9.17, 15) is 9.18 Å². The molecule has 98 valence electrons. The molecule has 0 saturated heterocycles. The molecule has 0 fully saturated rings. The Hall–Kier alpha value is -2.27. The fraction of sp³-hybridized carbons (Fsp3) is 0.143. The Bertz CT molecular complexity index is 584. The summed E-state index contributed by atoms with van der Waals surface area (Å²) in [7, 11) is 0. The van der Waals surface area contributed by atoms with Crippen LogP contribution in [0.5, 0.6) is 0 Å². The van der Waals surface area contributed by atoms with Gasteiger partial charge >= 0.3 is 0 Å². The second kappa shape index (κ2) is 5.16. The number of nitrogens with one attached hydrogen (secondary N) is 1. The molecule has 1 atom stereocenters. The van der Waals surface area contributed by atoms with E-state index in [2.05, 4.69) is 10.3 Å². The minimum atomic E-state index is -1.24. The van der Waals surface area contributed by atoms with Gasteiger partial charge in [0.1, 0.15) is 5.54 Å². The van der Waals surface area contributed by atoms with Crippen LogP contribution in [0.3, 0.4) is 0 Å². The topological polar surface area (TPSA) is 68.0 Å². The van der Waals surface area contributed by atoms with Gasteiger partial charge in [-0.1, -0.05) is 30.3 Å². The molecular weight excluding hydrogens is 245 g/mol. The highest BCUT2D eigenvalue weighted by Gasteiger charge is 2.30. The lowest BCUT2D eigenvalue weighted by atomic mass is 9.92. The summed E-state index contributed by atoms with van der Waals surface area (Å²) < 4.78 is 13.4. The van der Waals surface area contributed by atoms with E-state index in [0.717, 1.165) is 6.20 Å². The molecule has 0 spiro atoms. The van der Waals surface area contributed by atoms with Gasteiger partial charge < -0.3 is 11.1 Å². The van der Waals surface area contributed by atoms with Gasteiger partial charge in [0.25, 0.3) is 0 Å². The van der Waals surface area contributed by atoms with Gasteiger partial charge in [0.05, 0.1) is 11.9 Å². The second-order valence-electron chi connectivity index (χ2n) is 4.38. The largest absolute Gasteiger partial charge is 0.322 e. The normalized spacial score (nSPS) is 13.6. The SMILES string of the molecule is CC(N)(C(=O)Nc1ccncc1F)c1ccccc1. The summed E-state index contributed by atoms with van der Waals surface area (Å²) in [6, 6.07) is 10.3. The van der Waals surface area contributed by atoms with E-state index in [1.807, 2.05) is 6.07 Å². The molecule has 2 rings (SSSR count). The molecule has 0 bridgehead atoms. The molecule has 19 heavy (non-hydrogen) atoms. The van der Waals surface area contributed by atoms with E-state index >= 15 is 0 Å². The number of hydrogen-bond donors (Lipinski definition) is 2. The monoisotopic (exact) mass is 259 g/mol. The van der Waals surface area contributed by atoms with Gasteiger partial charge in [-0.25, -0.2) is 4.39 Å². The average molecular weight is 259 g/mol. The van der Waals surface area contributed by atoms with Gasteiger partial charge in [0, 0.05) is 6.20 Å². The molecule has 1 unspecified atom stereocenters. The summed E-state index contributed by atoms with van der Waals surface area (Å²) >= 11 is 0. The molecule has 0 aliphatic heterocycles. The Kier molecular flexibility index (Phi) is 3.57. The summed E-state index contributed by atoms with van der Waals surface area (Å²) in [4.78, 5) is 15.8. The number of pyridine rings is 1. The third-order valence-corrected chi connectivity index (χ3v) is 2.87. The highest BCUT2D eigenvalue weighted by atomic mass is 19.1. The number of hydrogen-bond acceptors (Lipinski definition) is 3. The van der Waals surface area contributed by atoms with Crippen molar-refractivity contribution < 1.29 is 9.18 Å². The van der Waals surface area contributed by atoms with Gasteiger partial charge in [-0.05, 0) is 18.6 Å². The predicted molar refractivity (Wildman–Crippen MR) is 70.8 cm³/mol. The van der Waals surface area contributed by atoms with Crippen LogP contribution < -0.4 is 11.1 Å². The van der Waals surface area contributed by atoms with Crippen LogP contribution >= 0.6 is 0 Å². The van der Waals surface area contributed by atoms with Gasteiger partial charge in [0.15, 0.2) is 5.82 Å². The van der Waals surface area contributed by atoms with Crippen molar-refractivity contribution >= 4 is 11.6 Å². The Morgan fingerprint density at radius 1 is 1.32 bits per heavy atom. The molecule has 1 aromatic heterocycles. The molecule has 1 heterocycles. The minimum Gasteiger partial charge on any atom is -0.322 e. The number of halogens is 1. The number of carbonyl (C=O) groups is 1. The lowest BCUT2D eigenvalue weighted by Crippen LogP contribution is -2.45. The standard InChI is InChI=1S/C14H14FN3O/c1-14(16,10-5-3-2-4-6-10)13(19)18-12-7-8-17-9-11(12)15/h2-9H,16H2,1H3,(H,17,18,19). The molecule has 3 N–H and O–H groups in total. The van der Waals surface area contributed by atoms with Gasteiger partial charge in [0.2, 0.25) is 5.91 Å². The van der Waals surface area contributed by atoms with Crippen molar-refractivity contribution in [3.8, 4) is 0 Å². The second-order valence-corrected chi connectivity index (χ2v) is 4.38. The molecule has 2 aromatic rings. The van der Waals surface area contributed by atoms with E-state index in [1.165, 1.54) is 12.3 Å². The fourth-order valence-corrected chi connectivity index (χ4v) is 1.64. The van der Waals surface area contributed by atoms with Crippen molar-refractivity contribution in [2.24, 2.45) is 5.73 Å². The molecule has 0 saturated carbocycles. The first-order chi connectivity index (χ1) is 9.01. The molecule has 1 amide bonds. The maximum Gasteiger partial charge on any atom is 0.248 e. The smallest absolute Gasteiger partial charge is 0.248 e. The lowest BCUT2D eigenvalue weighted by Gasteiger charge is -2.24. The number of carbonyl (C=O) groups excluding carboxylic acids is 1. The Labute approximate surface area is 110 Å². The van der Waals surface area contributed by atoms with E-state index in [0.29, 0.717) is 5.56 Å². The van der Waals surface area contributed by atoms with Crippen LogP contribution in [0.2, 0.25) is 0 Å². The highest BCUT2D eigenvalue weighted by molar-refractivity contribution is 5.98. The van der Waals surface area contributed by atoms with Crippen molar-refractivity contribution in [2.75, 3.05) is 5.32 Å². The first-order valence-electron chi connectivity index (χ1n) is 5.77. The zero-order valence-electron chi connectivity index (χ0n) is 10.4. The summed E-state index contributed by atoms with van der Waals surface area (Å²) in [5, 5.41) is 2.47. The molecular formula is C14H14FN3O. The summed E-state index contributed by atoms with van der Waals surface area (Å²) in [6.07, 6.45) is 2.43. The van der Waals surface area contributed by atoms with E-state index in [-0.39, 0.29) is 5.69 Å². The van der Waals surface area contributed by atoms with E-state index in [1.54, 1.807) is 31.2 Å². The van der Waals surface area contributed by atoms with E-state index < -0.39 is 17.3 Å². The quantitative estimate of drug-likeness (QED) is 0.886. The Morgan fingerprint density at radius 3 is 2.63 bits per heavy atom. The zero-order chi connectivity index (χ0) is 13.9. The zero-order valence-corrected chi connectivity index (χ0v) is 10.4. The van der Waals surface area contributed by atoms with Crippen molar-refractivity contribution in [3.05, 3.63) is 60.2 Å². The first-order valence-corrected chi connectivity index (χ1v) is 5.77. The number of aromatic nitrogens is 1. The Balaban J connectivity index is 2.23. The van der Waals surface area contributed by atoms with E-state index in [4.69, 9.17) is 5.73 Å². The number of amides is 1. The van der Waals surface area contributed by atoms with Gasteiger partial charge in [-0.15, -0.1) is 0 Å². The fourth-order valence-electron chi connectivity index (χ4n) is 1.64. The van der Waals surface area contributed by atoms with Crippen LogP contribution in [-0.4, -0.2) is 10.9 Å². The summed E-state index contributed by atoms with van der Waals surface area (Å²) in [6.45, 7) is 1.58. The van der Waals surface area contributed by atoms with Crippen LogP contribution in [0.25, 0.3) is 0 Å². The summed E-state index contributed by atoms with van der Waals surface area (Å²) in [5.41, 5.74) is 5.51. The lowest BCUT2D eigenvalue weighted by molar-refractivity contribution is -0.120. The van der Waals surface area contributed by atoms with Crippen molar-refractivity contribution in [3.63, 3.8) is 0 Å². The maximum atomic E-state index is 13.4. The number of anilines is 1. The highest BCUT2D eigenvalue weighted by Crippen LogP contribution is 2.20. The molecule has 0 radical (unpaired) electrons. The molecule has 0 aliphatic carbocycles. The van der Waals surface area contributed by atoms with Crippen molar-refractivity contribution in [1.29, 1.82) is 0 Å². The number of nitrogens with two attached hydrogens (primary N) is 1. The molecule has 4 nitrogen and oxygen atoms in total. The third-order valence-electron chi connectivity index (χ3n) is 2.87. The average Bonchev–Trinajstić information content (AvgIpc) is 2.42. The van der Waals surface area contributed by atoms with Crippen LogP contribution in [0.15, 0.2) is 48.8 Å². The minimum absolute atomic E-state index is 0.0626. The van der Waals surface area contributed by atoms with Crippen LogP contribution in [0.4, 0.5) is 10.1 Å². The molecule has 0 aliphatic rings. The van der Waals surface area contributed by atoms with Gasteiger partial charge in [-0.3, -0.25) is 9.78 Å². The van der Waals surface area contributed by atoms with Crippen LogP contribution in [0.1, 0.15) is 12.5 Å². The number of nitrogens with zero attached hydrogens (tertiary/aromatic N) is 1. The summed E-state index contributed by atoms with van der Waals surface area (Å²) in [5.74, 6) is -1.08. The van der Waals surface area contributed by atoms with Crippen LogP contribution in [-0.2, 0) is 10.3 Å². The Morgan fingerprint density at radius 2 is 2.00 bits per heavy atom. The number of rotatable bonds is 3. The van der Waals surface area contributed by atoms with Crippen molar-refractivity contribution in [1.82, 2.24) is 4.98 Å². The molecule has 5 heteroatoms. The number of benzene rings is 1. The van der Waals surface area contributed by atoms with Gasteiger partial charge in [-0.2, -0.15) is 0 Å². The van der Waals surface area contributed by atoms with Crippen LogP contribution in [0, 0.1) is 5.82 Å². The molecule has 1 aromatic carbocycles. The predicted octanol–water partition coefficient (Wildman–Crippen LogP) is 2.03. The third kappa shape index (κ3) is 2.77. The maximum absolute atomic E-state index is 13.4. The van der Waals surface area contributed by atoms with Crippen molar-refractivity contribution in [2.45, 2.75) is 12.5 Å². The first kappa shape index (κ1) is 13.2.